The summed E-state index contributed by atoms with van der Waals surface area (Å²) in [5.74, 6) is 0.0313. The molecule has 0 atom stereocenters. The van der Waals surface area contributed by atoms with Gasteiger partial charge in [0.2, 0.25) is 0 Å². The highest BCUT2D eigenvalue weighted by atomic mass is 19.1. The van der Waals surface area contributed by atoms with Crippen molar-refractivity contribution in [3.05, 3.63) is 41.7 Å². The summed E-state index contributed by atoms with van der Waals surface area (Å²) in [7, 11) is 0. The van der Waals surface area contributed by atoms with Crippen molar-refractivity contribution in [3.63, 3.8) is 0 Å². The van der Waals surface area contributed by atoms with E-state index < -0.39 is 0 Å². The molecule has 0 aliphatic heterocycles. The number of hydrogen-bond acceptors (Lipinski definition) is 3. The van der Waals surface area contributed by atoms with Gasteiger partial charge in [-0.25, -0.2) is 4.68 Å². The van der Waals surface area contributed by atoms with Gasteiger partial charge in [-0.3, -0.25) is 9.18 Å². The zero-order chi connectivity index (χ0) is 13.0. The van der Waals surface area contributed by atoms with Crippen LogP contribution in [0.3, 0.4) is 0 Å². The van der Waals surface area contributed by atoms with Crippen molar-refractivity contribution in [3.8, 4) is 5.69 Å². The molecule has 5 heteroatoms. The van der Waals surface area contributed by atoms with E-state index in [1.54, 1.807) is 23.0 Å². The molecular weight excluding hydrogens is 233 g/mol. The molecule has 0 fully saturated rings. The Hall–Kier alpha value is -2.04. The third-order valence-corrected chi connectivity index (χ3v) is 2.65. The van der Waals surface area contributed by atoms with Crippen LogP contribution >= 0.6 is 0 Å². The Kier molecular flexibility index (Phi) is 3.82. The van der Waals surface area contributed by atoms with E-state index in [4.69, 9.17) is 0 Å². The van der Waals surface area contributed by atoms with Crippen LogP contribution in [0.4, 0.5) is 4.39 Å². The van der Waals surface area contributed by atoms with E-state index >= 15 is 0 Å². The summed E-state index contributed by atoms with van der Waals surface area (Å²) in [6, 6.07) is 7.12. The van der Waals surface area contributed by atoms with Crippen LogP contribution in [0.5, 0.6) is 0 Å². The highest BCUT2D eigenvalue weighted by Gasteiger charge is 2.04. The van der Waals surface area contributed by atoms with Crippen molar-refractivity contribution < 1.29 is 9.18 Å². The van der Waals surface area contributed by atoms with Gasteiger partial charge in [-0.1, -0.05) is 5.21 Å². The van der Waals surface area contributed by atoms with E-state index in [2.05, 4.69) is 10.3 Å². The van der Waals surface area contributed by atoms with Gasteiger partial charge in [0.05, 0.1) is 24.3 Å². The van der Waals surface area contributed by atoms with Crippen LogP contribution in [0.1, 0.15) is 29.4 Å². The molecule has 2 rings (SSSR count). The fourth-order valence-electron chi connectivity index (χ4n) is 1.64. The van der Waals surface area contributed by atoms with Crippen LogP contribution in [-0.4, -0.2) is 27.5 Å². The van der Waals surface area contributed by atoms with Crippen molar-refractivity contribution in [2.45, 2.75) is 19.8 Å². The van der Waals surface area contributed by atoms with Gasteiger partial charge in [0.15, 0.2) is 5.78 Å². The van der Waals surface area contributed by atoms with Crippen LogP contribution in [0.15, 0.2) is 30.5 Å². The fraction of sp³-hybridized carbons (Fsp3) is 0.308. The lowest BCUT2D eigenvalue weighted by molar-refractivity contribution is 0.101. The molecule has 0 aliphatic carbocycles. The van der Waals surface area contributed by atoms with Crippen LogP contribution in [-0.2, 0) is 6.42 Å². The maximum absolute atomic E-state index is 12.0. The lowest BCUT2D eigenvalue weighted by Crippen LogP contribution is -1.97. The van der Waals surface area contributed by atoms with E-state index in [0.717, 1.165) is 11.4 Å². The first-order valence-corrected chi connectivity index (χ1v) is 5.79. The second kappa shape index (κ2) is 5.53. The standard InChI is InChI=1S/C13H14FN3O/c1-10(18)11-4-6-13(7-5-11)17-9-12(15-16-17)3-2-8-14/h4-7,9H,2-3,8H2,1H3. The Morgan fingerprint density at radius 1 is 1.33 bits per heavy atom. The molecule has 2 aromatic rings. The third-order valence-electron chi connectivity index (χ3n) is 2.65. The number of alkyl halides is 1. The van der Waals surface area contributed by atoms with E-state index in [0.29, 0.717) is 18.4 Å². The summed E-state index contributed by atoms with van der Waals surface area (Å²) >= 11 is 0. The molecule has 0 aliphatic rings. The molecule has 0 amide bonds. The summed E-state index contributed by atoms with van der Waals surface area (Å²) in [6.07, 6.45) is 2.82. The molecule has 1 heterocycles. The number of rotatable bonds is 5. The minimum atomic E-state index is -0.347. The lowest BCUT2D eigenvalue weighted by atomic mass is 10.1. The van der Waals surface area contributed by atoms with Crippen molar-refractivity contribution in [1.82, 2.24) is 15.0 Å². The number of ketones is 1. The number of Topliss-reactive ketones (excluding diaryl/α,β-unsaturated/α-hetero) is 1. The van der Waals surface area contributed by atoms with Gasteiger partial charge in [0, 0.05) is 5.56 Å². The van der Waals surface area contributed by atoms with Crippen LogP contribution in [0, 0.1) is 0 Å². The summed E-state index contributed by atoms with van der Waals surface area (Å²) in [5, 5.41) is 7.94. The van der Waals surface area contributed by atoms with Crippen molar-refractivity contribution >= 4 is 5.78 Å². The molecule has 0 saturated heterocycles. The average molecular weight is 247 g/mol. The Morgan fingerprint density at radius 3 is 2.67 bits per heavy atom. The second-order valence-electron chi connectivity index (χ2n) is 4.05. The Morgan fingerprint density at radius 2 is 2.06 bits per heavy atom. The number of halogens is 1. The molecule has 0 spiro atoms. The number of nitrogens with zero attached hydrogens (tertiary/aromatic N) is 3. The minimum Gasteiger partial charge on any atom is -0.295 e. The van der Waals surface area contributed by atoms with Crippen molar-refractivity contribution in [2.24, 2.45) is 0 Å². The summed E-state index contributed by atoms with van der Waals surface area (Å²) in [5.41, 5.74) is 2.26. The van der Waals surface area contributed by atoms with Gasteiger partial charge in [0.1, 0.15) is 0 Å². The number of benzene rings is 1. The number of aromatic nitrogens is 3. The summed E-state index contributed by atoms with van der Waals surface area (Å²) < 4.78 is 13.7. The van der Waals surface area contributed by atoms with Crippen LogP contribution in [0.2, 0.25) is 0 Å². The van der Waals surface area contributed by atoms with E-state index in [1.807, 2.05) is 12.1 Å². The third kappa shape index (κ3) is 2.80. The SMILES string of the molecule is CC(=O)c1ccc(-n2cc(CCCF)nn2)cc1. The Bertz CT molecular complexity index is 533. The number of carbonyl (C=O) groups excluding carboxylic acids is 1. The maximum Gasteiger partial charge on any atom is 0.159 e. The van der Waals surface area contributed by atoms with Crippen molar-refractivity contribution in [2.75, 3.05) is 6.67 Å². The zero-order valence-electron chi connectivity index (χ0n) is 10.1. The molecule has 0 saturated carbocycles. The molecule has 18 heavy (non-hydrogen) atoms. The number of aryl methyl sites for hydroxylation is 1. The van der Waals surface area contributed by atoms with Gasteiger partial charge in [0.25, 0.3) is 0 Å². The predicted octanol–water partition coefficient (Wildman–Crippen LogP) is 2.37. The minimum absolute atomic E-state index is 0.0313. The number of carbonyl (C=O) groups is 1. The smallest absolute Gasteiger partial charge is 0.159 e. The molecule has 94 valence electrons. The highest BCUT2D eigenvalue weighted by Crippen LogP contribution is 2.10. The van der Waals surface area contributed by atoms with Crippen molar-refractivity contribution in [1.29, 1.82) is 0 Å². The van der Waals surface area contributed by atoms with Gasteiger partial charge < -0.3 is 0 Å². The molecule has 0 bridgehead atoms. The maximum atomic E-state index is 12.0. The largest absolute Gasteiger partial charge is 0.295 e. The summed E-state index contributed by atoms with van der Waals surface area (Å²) in [4.78, 5) is 11.1. The topological polar surface area (TPSA) is 47.8 Å². The molecular formula is C13H14FN3O. The van der Waals surface area contributed by atoms with Crippen LogP contribution in [0.25, 0.3) is 5.69 Å². The van der Waals surface area contributed by atoms with E-state index in [9.17, 15) is 9.18 Å². The first kappa shape index (κ1) is 12.4. The average Bonchev–Trinajstić information content (AvgIpc) is 2.85. The number of hydrogen-bond donors (Lipinski definition) is 0. The Balaban J connectivity index is 2.15. The molecule has 1 aromatic carbocycles. The van der Waals surface area contributed by atoms with E-state index in [1.165, 1.54) is 6.92 Å². The van der Waals surface area contributed by atoms with Gasteiger partial charge >= 0.3 is 0 Å². The summed E-state index contributed by atoms with van der Waals surface area (Å²) in [6.45, 7) is 1.18. The van der Waals surface area contributed by atoms with Crippen LogP contribution < -0.4 is 0 Å². The molecule has 0 radical (unpaired) electrons. The van der Waals surface area contributed by atoms with E-state index in [-0.39, 0.29) is 12.5 Å². The highest BCUT2D eigenvalue weighted by molar-refractivity contribution is 5.94. The Labute approximate surface area is 104 Å². The predicted molar refractivity (Wildman–Crippen MR) is 65.7 cm³/mol. The first-order valence-electron chi connectivity index (χ1n) is 5.79. The lowest BCUT2D eigenvalue weighted by Gasteiger charge is -2.00. The molecule has 4 nitrogen and oxygen atoms in total. The van der Waals surface area contributed by atoms with Gasteiger partial charge in [-0.05, 0) is 44.0 Å². The van der Waals surface area contributed by atoms with Gasteiger partial charge in [-0.2, -0.15) is 0 Å². The molecule has 0 N–H and O–H groups in total. The second-order valence-corrected chi connectivity index (χ2v) is 4.05. The monoisotopic (exact) mass is 247 g/mol. The zero-order valence-corrected chi connectivity index (χ0v) is 10.1. The molecule has 0 unspecified atom stereocenters. The normalized spacial score (nSPS) is 10.6. The van der Waals surface area contributed by atoms with Gasteiger partial charge in [-0.15, -0.1) is 5.10 Å². The fourth-order valence-corrected chi connectivity index (χ4v) is 1.64. The quantitative estimate of drug-likeness (QED) is 0.762. The first-order chi connectivity index (χ1) is 8.70. The molecule has 1 aromatic heterocycles.